The zero-order valence-corrected chi connectivity index (χ0v) is 10.7. The molecule has 0 aliphatic heterocycles. The molecule has 0 saturated heterocycles. The van der Waals surface area contributed by atoms with Crippen molar-refractivity contribution >= 4 is 17.3 Å². The van der Waals surface area contributed by atoms with Gasteiger partial charge in [-0.05, 0) is 26.5 Å². The first-order valence-electron chi connectivity index (χ1n) is 5.68. The number of nitro groups is 1. The number of likely N-dealkylation sites (N-methyl/N-ethyl adjacent to an activating group) is 1. The Morgan fingerprint density at radius 1 is 1.39 bits per heavy atom. The Kier molecular flexibility index (Phi) is 4.38. The highest BCUT2D eigenvalue weighted by molar-refractivity contribution is 5.99. The van der Waals surface area contributed by atoms with E-state index in [-0.39, 0.29) is 17.3 Å². The summed E-state index contributed by atoms with van der Waals surface area (Å²) in [4.78, 5) is 22.3. The number of nitrogens with one attached hydrogen (secondary N) is 2. The zero-order valence-electron chi connectivity index (χ0n) is 10.7. The minimum absolute atomic E-state index is 0.113. The van der Waals surface area contributed by atoms with Gasteiger partial charge in [0, 0.05) is 6.07 Å². The summed E-state index contributed by atoms with van der Waals surface area (Å²) in [5, 5.41) is 16.4. The maximum Gasteiger partial charge on any atom is 0.292 e. The highest BCUT2D eigenvalue weighted by atomic mass is 16.6. The first kappa shape index (κ1) is 14.1. The Balaban J connectivity index is 2.92. The summed E-state index contributed by atoms with van der Waals surface area (Å²) in [6.07, 6.45) is 0. The van der Waals surface area contributed by atoms with Crippen molar-refractivity contribution in [2.45, 2.75) is 26.3 Å². The molecule has 0 unspecified atom stereocenters. The van der Waals surface area contributed by atoms with Crippen molar-refractivity contribution < 1.29 is 9.72 Å². The van der Waals surface area contributed by atoms with Crippen LogP contribution in [0.4, 0.5) is 11.4 Å². The Morgan fingerprint density at radius 3 is 2.56 bits per heavy atom. The van der Waals surface area contributed by atoms with E-state index in [9.17, 15) is 14.9 Å². The fourth-order valence-electron chi connectivity index (χ4n) is 1.54. The smallest absolute Gasteiger partial charge is 0.292 e. The van der Waals surface area contributed by atoms with Gasteiger partial charge < -0.3 is 10.6 Å². The number of carbonyl (C=O) groups is 1. The van der Waals surface area contributed by atoms with Gasteiger partial charge in [0.05, 0.1) is 10.5 Å². The van der Waals surface area contributed by atoms with Crippen LogP contribution in [0.25, 0.3) is 0 Å². The Bertz CT molecular complexity index is 458. The number of benzene rings is 1. The lowest BCUT2D eigenvalue weighted by Crippen LogP contribution is -2.49. The molecule has 1 rings (SSSR count). The number of amides is 1. The van der Waals surface area contributed by atoms with Gasteiger partial charge in [-0.2, -0.15) is 0 Å². The molecule has 0 aliphatic rings. The highest BCUT2D eigenvalue weighted by Gasteiger charge is 2.27. The first-order valence-corrected chi connectivity index (χ1v) is 5.68. The molecule has 0 atom stereocenters. The summed E-state index contributed by atoms with van der Waals surface area (Å²) in [6.45, 7) is 5.97. The standard InChI is InChI=1S/C12H17N3O3/c1-4-13-12(2,3)11(16)14-9-7-5-6-8-10(9)15(17)18/h5-8,13H,4H2,1-3H3,(H,14,16). The van der Waals surface area contributed by atoms with E-state index in [1.165, 1.54) is 12.1 Å². The predicted molar refractivity (Wildman–Crippen MR) is 69.5 cm³/mol. The van der Waals surface area contributed by atoms with Gasteiger partial charge in [0.1, 0.15) is 5.69 Å². The lowest BCUT2D eigenvalue weighted by Gasteiger charge is -2.24. The van der Waals surface area contributed by atoms with Gasteiger partial charge in [-0.3, -0.25) is 14.9 Å². The van der Waals surface area contributed by atoms with Gasteiger partial charge in [0.15, 0.2) is 0 Å². The second-order valence-corrected chi connectivity index (χ2v) is 4.38. The van der Waals surface area contributed by atoms with E-state index in [4.69, 9.17) is 0 Å². The molecule has 0 spiro atoms. The number of hydrogen-bond acceptors (Lipinski definition) is 4. The van der Waals surface area contributed by atoms with Crippen molar-refractivity contribution in [3.8, 4) is 0 Å². The maximum absolute atomic E-state index is 12.0. The lowest BCUT2D eigenvalue weighted by atomic mass is 10.0. The molecule has 0 bridgehead atoms. The van der Waals surface area contributed by atoms with Gasteiger partial charge in [-0.25, -0.2) is 0 Å². The van der Waals surface area contributed by atoms with Crippen molar-refractivity contribution in [1.29, 1.82) is 0 Å². The Labute approximate surface area is 106 Å². The van der Waals surface area contributed by atoms with E-state index in [1.807, 2.05) is 6.92 Å². The van der Waals surface area contributed by atoms with Crippen molar-refractivity contribution in [1.82, 2.24) is 5.32 Å². The predicted octanol–water partition coefficient (Wildman–Crippen LogP) is 1.92. The van der Waals surface area contributed by atoms with Crippen molar-refractivity contribution in [3.05, 3.63) is 34.4 Å². The molecule has 6 nitrogen and oxygen atoms in total. The maximum atomic E-state index is 12.0. The third-order valence-electron chi connectivity index (χ3n) is 2.54. The third kappa shape index (κ3) is 3.27. The average Bonchev–Trinajstić information content (AvgIpc) is 2.29. The van der Waals surface area contributed by atoms with Crippen LogP contribution >= 0.6 is 0 Å². The molecule has 1 aromatic rings. The molecule has 1 aromatic carbocycles. The second-order valence-electron chi connectivity index (χ2n) is 4.38. The summed E-state index contributed by atoms with van der Waals surface area (Å²) in [6, 6.07) is 6.07. The van der Waals surface area contributed by atoms with Gasteiger partial charge in [0.25, 0.3) is 5.69 Å². The summed E-state index contributed by atoms with van der Waals surface area (Å²) in [5.41, 5.74) is -0.685. The first-order chi connectivity index (χ1) is 8.38. The van der Waals surface area contributed by atoms with Gasteiger partial charge >= 0.3 is 0 Å². The number of anilines is 1. The monoisotopic (exact) mass is 251 g/mol. The molecule has 0 fully saturated rings. The molecule has 18 heavy (non-hydrogen) atoms. The second kappa shape index (κ2) is 5.59. The number of carbonyl (C=O) groups excluding carboxylic acids is 1. The van der Waals surface area contributed by atoms with E-state index in [0.717, 1.165) is 0 Å². The van der Waals surface area contributed by atoms with Crippen LogP contribution in [0.5, 0.6) is 0 Å². The number of para-hydroxylation sites is 2. The summed E-state index contributed by atoms with van der Waals surface area (Å²) >= 11 is 0. The minimum atomic E-state index is -0.779. The van der Waals surface area contributed by atoms with Crippen molar-refractivity contribution in [3.63, 3.8) is 0 Å². The van der Waals surface area contributed by atoms with Crippen LogP contribution < -0.4 is 10.6 Å². The molecule has 0 saturated carbocycles. The van der Waals surface area contributed by atoms with Crippen LogP contribution in [0.2, 0.25) is 0 Å². The molecule has 2 N–H and O–H groups in total. The molecule has 0 radical (unpaired) electrons. The van der Waals surface area contributed by atoms with E-state index in [1.54, 1.807) is 26.0 Å². The molecule has 0 aliphatic carbocycles. The number of nitro benzene ring substituents is 1. The van der Waals surface area contributed by atoms with Crippen LogP contribution in [0.3, 0.4) is 0 Å². The van der Waals surface area contributed by atoms with Crippen LogP contribution in [0, 0.1) is 10.1 Å². The van der Waals surface area contributed by atoms with Crippen LogP contribution in [-0.4, -0.2) is 22.9 Å². The molecule has 6 heteroatoms. The quantitative estimate of drug-likeness (QED) is 0.618. The van der Waals surface area contributed by atoms with E-state index in [0.29, 0.717) is 6.54 Å². The fourth-order valence-corrected chi connectivity index (χ4v) is 1.54. The van der Waals surface area contributed by atoms with E-state index < -0.39 is 10.5 Å². The SMILES string of the molecule is CCNC(C)(C)C(=O)Nc1ccccc1[N+](=O)[O-]. The van der Waals surface area contributed by atoms with Crippen molar-refractivity contribution in [2.75, 3.05) is 11.9 Å². The molecule has 0 aromatic heterocycles. The topological polar surface area (TPSA) is 84.3 Å². The van der Waals surface area contributed by atoms with Gasteiger partial charge in [-0.1, -0.05) is 19.1 Å². The number of hydrogen-bond donors (Lipinski definition) is 2. The minimum Gasteiger partial charge on any atom is -0.319 e. The van der Waals surface area contributed by atoms with Gasteiger partial charge in [0.2, 0.25) is 5.91 Å². The van der Waals surface area contributed by atoms with E-state index >= 15 is 0 Å². The molecular formula is C12H17N3O3. The normalized spacial score (nSPS) is 11.1. The van der Waals surface area contributed by atoms with Crippen LogP contribution in [-0.2, 0) is 4.79 Å². The molecule has 98 valence electrons. The molecule has 0 heterocycles. The van der Waals surface area contributed by atoms with Crippen molar-refractivity contribution in [2.24, 2.45) is 0 Å². The Hall–Kier alpha value is -1.95. The fraction of sp³-hybridized carbons (Fsp3) is 0.417. The number of rotatable bonds is 5. The lowest BCUT2D eigenvalue weighted by molar-refractivity contribution is -0.383. The highest BCUT2D eigenvalue weighted by Crippen LogP contribution is 2.24. The molecule has 1 amide bonds. The van der Waals surface area contributed by atoms with Crippen LogP contribution in [0.15, 0.2) is 24.3 Å². The van der Waals surface area contributed by atoms with Gasteiger partial charge in [-0.15, -0.1) is 0 Å². The average molecular weight is 251 g/mol. The summed E-state index contributed by atoms with van der Waals surface area (Å²) in [7, 11) is 0. The summed E-state index contributed by atoms with van der Waals surface area (Å²) < 4.78 is 0. The number of nitrogens with zero attached hydrogens (tertiary/aromatic N) is 1. The zero-order chi connectivity index (χ0) is 13.8. The van der Waals surface area contributed by atoms with Crippen LogP contribution in [0.1, 0.15) is 20.8 Å². The van der Waals surface area contributed by atoms with E-state index in [2.05, 4.69) is 10.6 Å². The molecular weight excluding hydrogens is 234 g/mol. The Morgan fingerprint density at radius 2 is 2.00 bits per heavy atom. The summed E-state index contributed by atoms with van der Waals surface area (Å²) in [5.74, 6) is -0.307. The largest absolute Gasteiger partial charge is 0.319 e. The third-order valence-corrected chi connectivity index (χ3v) is 2.54.